The lowest BCUT2D eigenvalue weighted by Gasteiger charge is -2.44. The van der Waals surface area contributed by atoms with Crippen LogP contribution in [0.15, 0.2) is 18.5 Å². The summed E-state index contributed by atoms with van der Waals surface area (Å²) >= 11 is 1.75. The third-order valence-corrected chi connectivity index (χ3v) is 7.07. The Morgan fingerprint density at radius 3 is 3.00 bits per heavy atom. The fourth-order valence-corrected chi connectivity index (χ4v) is 5.74. The summed E-state index contributed by atoms with van der Waals surface area (Å²) < 4.78 is 1.75. The molecule has 1 saturated carbocycles. The summed E-state index contributed by atoms with van der Waals surface area (Å²) in [6.45, 7) is 1.54. The van der Waals surface area contributed by atoms with Crippen molar-refractivity contribution in [3.05, 3.63) is 24.0 Å². The van der Waals surface area contributed by atoms with Crippen molar-refractivity contribution in [2.75, 3.05) is 18.9 Å². The van der Waals surface area contributed by atoms with Crippen LogP contribution in [0.4, 0.5) is 0 Å². The minimum atomic E-state index is 0.00173. The van der Waals surface area contributed by atoms with Gasteiger partial charge in [0.15, 0.2) is 0 Å². The maximum Gasteiger partial charge on any atom is 0.230 e. The molecular formula is C19H27N3O2S. The van der Waals surface area contributed by atoms with Crippen molar-refractivity contribution in [1.29, 1.82) is 0 Å². The molecule has 6 heteroatoms. The predicted molar refractivity (Wildman–Crippen MR) is 99.9 cm³/mol. The fraction of sp³-hybridized carbons (Fsp3) is 0.684. The van der Waals surface area contributed by atoms with Gasteiger partial charge in [0, 0.05) is 35.0 Å². The smallest absolute Gasteiger partial charge is 0.230 e. The number of aliphatic hydroxyl groups excluding tert-OH is 1. The first-order valence-electron chi connectivity index (χ1n) is 9.55. The lowest BCUT2D eigenvalue weighted by molar-refractivity contribution is -0.139. The third-order valence-electron chi connectivity index (χ3n) is 5.86. The maximum atomic E-state index is 13.2. The monoisotopic (exact) mass is 361 g/mol. The van der Waals surface area contributed by atoms with E-state index in [0.29, 0.717) is 18.5 Å². The number of rotatable bonds is 4. The summed E-state index contributed by atoms with van der Waals surface area (Å²) in [6.07, 6.45) is 13.5. The van der Waals surface area contributed by atoms with Crippen molar-refractivity contribution in [3.8, 4) is 0 Å². The van der Waals surface area contributed by atoms with Gasteiger partial charge in [-0.3, -0.25) is 9.48 Å². The summed E-state index contributed by atoms with van der Waals surface area (Å²) in [4.78, 5) is 16.5. The van der Waals surface area contributed by atoms with Gasteiger partial charge < -0.3 is 10.0 Å². The molecule has 0 bridgehead atoms. The van der Waals surface area contributed by atoms with Crippen LogP contribution in [0.5, 0.6) is 0 Å². The molecule has 4 rings (SSSR count). The Balaban J connectivity index is 1.46. The SMILES string of the molecule is O=C(C1C=C(c2cnn(CCO)c2)SC1)N1CCCC2CCCCC21. The van der Waals surface area contributed by atoms with Gasteiger partial charge in [0.25, 0.3) is 0 Å². The van der Waals surface area contributed by atoms with Crippen LogP contribution >= 0.6 is 11.8 Å². The molecular weight excluding hydrogens is 334 g/mol. The van der Waals surface area contributed by atoms with Gasteiger partial charge in [-0.15, -0.1) is 11.8 Å². The standard InChI is InChI=1S/C19H27N3O2S/c23-9-8-21-12-16(11-20-21)18-10-15(13-25-18)19(24)22-7-3-5-14-4-1-2-6-17(14)22/h10-12,14-15,17,23H,1-9,13H2. The minimum absolute atomic E-state index is 0.00173. The minimum Gasteiger partial charge on any atom is -0.394 e. The van der Waals surface area contributed by atoms with Crippen molar-refractivity contribution in [1.82, 2.24) is 14.7 Å². The molecule has 0 spiro atoms. The maximum absolute atomic E-state index is 13.2. The molecule has 3 unspecified atom stereocenters. The van der Waals surface area contributed by atoms with Crippen molar-refractivity contribution >= 4 is 22.6 Å². The van der Waals surface area contributed by atoms with Crippen LogP contribution in [0.3, 0.4) is 0 Å². The van der Waals surface area contributed by atoms with Gasteiger partial charge in [-0.2, -0.15) is 5.10 Å². The number of aliphatic hydroxyl groups is 1. The van der Waals surface area contributed by atoms with Crippen molar-refractivity contribution in [2.45, 2.75) is 51.1 Å². The number of nitrogens with zero attached hydrogens (tertiary/aromatic N) is 3. The van der Waals surface area contributed by atoms with Crippen LogP contribution in [0.1, 0.15) is 44.1 Å². The quantitative estimate of drug-likeness (QED) is 0.896. The van der Waals surface area contributed by atoms with E-state index in [1.165, 1.54) is 32.1 Å². The van der Waals surface area contributed by atoms with E-state index in [9.17, 15) is 4.79 Å². The molecule has 1 aromatic heterocycles. The lowest BCUT2D eigenvalue weighted by Crippen LogP contribution is -2.51. The number of fused-ring (bicyclic) bond motifs is 1. The fourth-order valence-electron chi connectivity index (χ4n) is 4.61. The number of carbonyl (C=O) groups excluding carboxylic acids is 1. The van der Waals surface area contributed by atoms with Crippen LogP contribution in [0, 0.1) is 11.8 Å². The molecule has 2 fully saturated rings. The Labute approximate surface area is 153 Å². The second-order valence-corrected chi connectivity index (χ2v) is 8.51. The highest BCUT2D eigenvalue weighted by Gasteiger charge is 2.38. The summed E-state index contributed by atoms with van der Waals surface area (Å²) in [5, 5.41) is 13.3. The molecule has 1 amide bonds. The molecule has 1 saturated heterocycles. The van der Waals surface area contributed by atoms with E-state index in [1.54, 1.807) is 16.4 Å². The molecule has 0 aromatic carbocycles. The van der Waals surface area contributed by atoms with Gasteiger partial charge in [0.05, 0.1) is 25.3 Å². The number of thioether (sulfide) groups is 1. The van der Waals surface area contributed by atoms with E-state index in [2.05, 4.69) is 16.1 Å². The van der Waals surface area contributed by atoms with E-state index in [1.807, 2.05) is 12.4 Å². The van der Waals surface area contributed by atoms with Crippen LogP contribution in [-0.4, -0.2) is 50.6 Å². The molecule has 1 aliphatic carbocycles. The van der Waals surface area contributed by atoms with Gasteiger partial charge in [-0.1, -0.05) is 18.9 Å². The summed E-state index contributed by atoms with van der Waals surface area (Å²) in [7, 11) is 0. The molecule has 3 atom stereocenters. The van der Waals surface area contributed by atoms with E-state index in [0.717, 1.165) is 35.1 Å². The highest BCUT2D eigenvalue weighted by atomic mass is 32.2. The number of hydrogen-bond acceptors (Lipinski definition) is 4. The first-order valence-corrected chi connectivity index (χ1v) is 10.5. The molecule has 5 nitrogen and oxygen atoms in total. The highest BCUT2D eigenvalue weighted by Crippen LogP contribution is 2.40. The Morgan fingerprint density at radius 1 is 1.28 bits per heavy atom. The van der Waals surface area contributed by atoms with Gasteiger partial charge in [-0.05, 0) is 31.6 Å². The van der Waals surface area contributed by atoms with E-state index in [-0.39, 0.29) is 12.5 Å². The molecule has 3 aliphatic rings. The third kappa shape index (κ3) is 3.51. The Morgan fingerprint density at radius 2 is 2.12 bits per heavy atom. The van der Waals surface area contributed by atoms with Gasteiger partial charge in [-0.25, -0.2) is 0 Å². The van der Waals surface area contributed by atoms with Crippen molar-refractivity contribution in [3.63, 3.8) is 0 Å². The average molecular weight is 362 g/mol. The molecule has 1 N–H and O–H groups in total. The largest absolute Gasteiger partial charge is 0.394 e. The summed E-state index contributed by atoms with van der Waals surface area (Å²) in [5.74, 6) is 1.91. The Hall–Kier alpha value is -1.27. The van der Waals surface area contributed by atoms with Gasteiger partial charge in [0.2, 0.25) is 5.91 Å². The Bertz CT molecular complexity index is 655. The number of carbonyl (C=O) groups is 1. The molecule has 1 aromatic rings. The zero-order valence-electron chi connectivity index (χ0n) is 14.6. The van der Waals surface area contributed by atoms with E-state index >= 15 is 0 Å². The summed E-state index contributed by atoms with van der Waals surface area (Å²) in [5.41, 5.74) is 1.06. The van der Waals surface area contributed by atoms with Gasteiger partial charge >= 0.3 is 0 Å². The van der Waals surface area contributed by atoms with E-state index in [4.69, 9.17) is 5.11 Å². The molecule has 3 heterocycles. The van der Waals surface area contributed by atoms with Crippen molar-refractivity contribution in [2.24, 2.45) is 11.8 Å². The normalized spacial score (nSPS) is 29.4. The van der Waals surface area contributed by atoms with Crippen LogP contribution in [0.2, 0.25) is 0 Å². The zero-order chi connectivity index (χ0) is 17.2. The van der Waals surface area contributed by atoms with Crippen molar-refractivity contribution < 1.29 is 9.90 Å². The van der Waals surface area contributed by atoms with Crippen LogP contribution in [0.25, 0.3) is 4.91 Å². The average Bonchev–Trinajstić information content (AvgIpc) is 3.30. The molecule has 25 heavy (non-hydrogen) atoms. The number of hydrogen-bond donors (Lipinski definition) is 1. The Kier molecular flexibility index (Phi) is 5.17. The van der Waals surface area contributed by atoms with Gasteiger partial charge in [0.1, 0.15) is 0 Å². The van der Waals surface area contributed by atoms with Crippen LogP contribution < -0.4 is 0 Å². The lowest BCUT2D eigenvalue weighted by atomic mass is 9.78. The second-order valence-electron chi connectivity index (χ2n) is 7.45. The first-order chi connectivity index (χ1) is 12.3. The number of piperidine rings is 1. The van der Waals surface area contributed by atoms with E-state index < -0.39 is 0 Å². The summed E-state index contributed by atoms with van der Waals surface area (Å²) in [6, 6.07) is 0.491. The van der Waals surface area contributed by atoms with Crippen LogP contribution in [-0.2, 0) is 11.3 Å². The highest BCUT2D eigenvalue weighted by molar-refractivity contribution is 8.08. The zero-order valence-corrected chi connectivity index (χ0v) is 15.5. The second kappa shape index (κ2) is 7.54. The first kappa shape index (κ1) is 17.2. The number of likely N-dealkylation sites (tertiary alicyclic amines) is 1. The molecule has 2 aliphatic heterocycles. The topological polar surface area (TPSA) is 58.4 Å². The molecule has 0 radical (unpaired) electrons. The number of amides is 1. The predicted octanol–water partition coefficient (Wildman–Crippen LogP) is 2.76. The number of aromatic nitrogens is 2. The molecule has 136 valence electrons.